The maximum Gasteiger partial charge on any atom is 0.220 e. The molecule has 3 rings (SSSR count). The SMILES string of the molecule is COc1ccc(C(=O)CCCCC(=O)NC(Cc2ccc(OC)c(C)c2)CN2CCCC2)cc1. The fourth-order valence-electron chi connectivity index (χ4n) is 4.58. The Bertz CT molecular complexity index is 936. The number of ether oxygens (including phenoxy) is 2. The number of carbonyl (C=O) groups excluding carboxylic acids is 2. The molecule has 0 radical (unpaired) electrons. The summed E-state index contributed by atoms with van der Waals surface area (Å²) in [6.45, 7) is 5.11. The first-order valence-electron chi connectivity index (χ1n) is 12.3. The maximum absolute atomic E-state index is 12.7. The van der Waals surface area contributed by atoms with E-state index in [1.807, 2.05) is 13.0 Å². The molecule has 2 aromatic carbocycles. The van der Waals surface area contributed by atoms with Gasteiger partial charge < -0.3 is 19.7 Å². The number of nitrogens with one attached hydrogen (secondary N) is 1. The Morgan fingerprint density at radius 3 is 2.32 bits per heavy atom. The van der Waals surface area contributed by atoms with Gasteiger partial charge in [-0.3, -0.25) is 9.59 Å². The number of ketones is 1. The highest BCUT2D eigenvalue weighted by molar-refractivity contribution is 5.96. The van der Waals surface area contributed by atoms with Crippen LogP contribution in [0.15, 0.2) is 42.5 Å². The molecule has 0 aromatic heterocycles. The molecule has 1 heterocycles. The summed E-state index contributed by atoms with van der Waals surface area (Å²) in [5.74, 6) is 1.78. The van der Waals surface area contributed by atoms with E-state index in [2.05, 4.69) is 22.3 Å². The lowest BCUT2D eigenvalue weighted by Crippen LogP contribution is -2.44. The van der Waals surface area contributed by atoms with E-state index < -0.39 is 0 Å². The molecule has 0 saturated carbocycles. The van der Waals surface area contributed by atoms with E-state index in [1.54, 1.807) is 38.5 Å². The summed E-state index contributed by atoms with van der Waals surface area (Å²) < 4.78 is 10.5. The first-order valence-corrected chi connectivity index (χ1v) is 12.3. The van der Waals surface area contributed by atoms with E-state index >= 15 is 0 Å². The van der Waals surface area contributed by atoms with Gasteiger partial charge in [0.25, 0.3) is 0 Å². The molecule has 184 valence electrons. The van der Waals surface area contributed by atoms with Crippen molar-refractivity contribution in [3.05, 3.63) is 59.2 Å². The Hall–Kier alpha value is -2.86. The van der Waals surface area contributed by atoms with Crippen LogP contribution in [0, 0.1) is 6.92 Å². The normalized spacial score (nSPS) is 14.6. The number of amides is 1. The number of nitrogens with zero attached hydrogens (tertiary/aromatic N) is 1. The Labute approximate surface area is 203 Å². The summed E-state index contributed by atoms with van der Waals surface area (Å²) in [4.78, 5) is 27.5. The average Bonchev–Trinajstić information content (AvgIpc) is 3.35. The van der Waals surface area contributed by atoms with Crippen LogP contribution in [-0.2, 0) is 11.2 Å². The van der Waals surface area contributed by atoms with Crippen LogP contribution in [0.3, 0.4) is 0 Å². The van der Waals surface area contributed by atoms with E-state index in [0.29, 0.717) is 31.2 Å². The minimum atomic E-state index is 0.0614. The van der Waals surface area contributed by atoms with E-state index in [-0.39, 0.29) is 17.7 Å². The van der Waals surface area contributed by atoms with Crippen LogP contribution in [0.25, 0.3) is 0 Å². The second-order valence-electron chi connectivity index (χ2n) is 9.14. The van der Waals surface area contributed by atoms with Gasteiger partial charge in [0.2, 0.25) is 5.91 Å². The van der Waals surface area contributed by atoms with Gasteiger partial charge in [-0.2, -0.15) is 0 Å². The largest absolute Gasteiger partial charge is 0.497 e. The minimum absolute atomic E-state index is 0.0614. The van der Waals surface area contributed by atoms with Gasteiger partial charge in [-0.05, 0) is 93.6 Å². The lowest BCUT2D eigenvalue weighted by Gasteiger charge is -2.25. The highest BCUT2D eigenvalue weighted by atomic mass is 16.5. The molecule has 1 N–H and O–H groups in total. The van der Waals surface area contributed by atoms with Crippen molar-refractivity contribution < 1.29 is 19.1 Å². The van der Waals surface area contributed by atoms with Crippen molar-refractivity contribution in [1.82, 2.24) is 10.2 Å². The number of benzene rings is 2. The first kappa shape index (κ1) is 25.8. The van der Waals surface area contributed by atoms with E-state index in [1.165, 1.54) is 18.4 Å². The van der Waals surface area contributed by atoms with Crippen LogP contribution in [-0.4, -0.2) is 56.5 Å². The molecule has 1 atom stereocenters. The summed E-state index contributed by atoms with van der Waals surface area (Å²) in [7, 11) is 3.29. The number of methoxy groups -OCH3 is 2. The lowest BCUT2D eigenvalue weighted by molar-refractivity contribution is -0.122. The van der Waals surface area contributed by atoms with E-state index in [4.69, 9.17) is 9.47 Å². The van der Waals surface area contributed by atoms with E-state index in [0.717, 1.165) is 43.1 Å². The van der Waals surface area contributed by atoms with Gasteiger partial charge in [-0.1, -0.05) is 12.1 Å². The van der Waals surface area contributed by atoms with Gasteiger partial charge in [-0.25, -0.2) is 0 Å². The van der Waals surface area contributed by atoms with Crippen LogP contribution < -0.4 is 14.8 Å². The van der Waals surface area contributed by atoms with Gasteiger partial charge in [0.1, 0.15) is 11.5 Å². The summed E-state index contributed by atoms with van der Waals surface area (Å²) in [6.07, 6.45) is 5.53. The highest BCUT2D eigenvalue weighted by Gasteiger charge is 2.20. The topological polar surface area (TPSA) is 67.9 Å². The predicted molar refractivity (Wildman–Crippen MR) is 135 cm³/mol. The third kappa shape index (κ3) is 7.87. The van der Waals surface area contributed by atoms with Crippen molar-refractivity contribution in [2.45, 2.75) is 57.9 Å². The molecule has 1 aliphatic heterocycles. The van der Waals surface area contributed by atoms with Crippen molar-refractivity contribution in [2.24, 2.45) is 0 Å². The van der Waals surface area contributed by atoms with Gasteiger partial charge in [0.05, 0.1) is 14.2 Å². The Morgan fingerprint density at radius 2 is 1.68 bits per heavy atom. The monoisotopic (exact) mass is 466 g/mol. The van der Waals surface area contributed by atoms with Crippen LogP contribution >= 0.6 is 0 Å². The molecule has 0 bridgehead atoms. The zero-order chi connectivity index (χ0) is 24.3. The zero-order valence-corrected chi connectivity index (χ0v) is 20.8. The van der Waals surface area contributed by atoms with Crippen molar-refractivity contribution >= 4 is 11.7 Å². The highest BCUT2D eigenvalue weighted by Crippen LogP contribution is 2.20. The second kappa shape index (κ2) is 13.1. The van der Waals surface area contributed by atoms with Crippen molar-refractivity contribution in [1.29, 1.82) is 0 Å². The molecule has 34 heavy (non-hydrogen) atoms. The number of hydrogen-bond acceptors (Lipinski definition) is 5. The Kier molecular flexibility index (Phi) is 9.95. The second-order valence-corrected chi connectivity index (χ2v) is 9.14. The predicted octanol–water partition coefficient (Wildman–Crippen LogP) is 4.58. The molecule has 1 unspecified atom stereocenters. The molecule has 1 amide bonds. The molecule has 1 aliphatic rings. The molecular weight excluding hydrogens is 428 g/mol. The number of rotatable bonds is 13. The first-order chi connectivity index (χ1) is 16.5. The van der Waals surface area contributed by atoms with Gasteiger partial charge in [0, 0.05) is 31.0 Å². The number of unbranched alkanes of at least 4 members (excludes halogenated alkanes) is 1. The molecule has 6 nitrogen and oxygen atoms in total. The Morgan fingerprint density at radius 1 is 0.971 bits per heavy atom. The standard InChI is InChI=1S/C28H38N2O4/c1-21-18-22(10-15-27(21)34-3)19-24(20-30-16-6-7-17-30)29-28(32)9-5-4-8-26(31)23-11-13-25(33-2)14-12-23/h10-15,18,24H,4-9,16-17,19-20H2,1-3H3,(H,29,32). The Balaban J connectivity index is 1.47. The van der Waals surface area contributed by atoms with Crippen molar-refractivity contribution in [2.75, 3.05) is 33.9 Å². The van der Waals surface area contributed by atoms with Crippen LogP contribution in [0.5, 0.6) is 11.5 Å². The third-order valence-corrected chi connectivity index (χ3v) is 6.45. The van der Waals surface area contributed by atoms with Gasteiger partial charge >= 0.3 is 0 Å². The number of Topliss-reactive ketones (excluding diaryl/α,β-unsaturated/α-hetero) is 1. The number of aryl methyl sites for hydroxylation is 1. The number of carbonyl (C=O) groups is 2. The fraction of sp³-hybridized carbons (Fsp3) is 0.500. The molecule has 0 spiro atoms. The van der Waals surface area contributed by atoms with E-state index in [9.17, 15) is 9.59 Å². The number of hydrogen-bond donors (Lipinski definition) is 1. The van der Waals surface area contributed by atoms with Crippen LogP contribution in [0.1, 0.15) is 60.0 Å². The number of likely N-dealkylation sites (tertiary alicyclic amines) is 1. The van der Waals surface area contributed by atoms with Crippen molar-refractivity contribution in [3.63, 3.8) is 0 Å². The summed E-state index contributed by atoms with van der Waals surface area (Å²) in [6, 6.07) is 13.5. The molecule has 0 aliphatic carbocycles. The maximum atomic E-state index is 12.7. The quantitative estimate of drug-likeness (QED) is 0.346. The molecule has 2 aromatic rings. The van der Waals surface area contributed by atoms with Crippen LogP contribution in [0.4, 0.5) is 0 Å². The molecular formula is C28H38N2O4. The lowest BCUT2D eigenvalue weighted by atomic mass is 10.0. The van der Waals surface area contributed by atoms with Crippen LogP contribution in [0.2, 0.25) is 0 Å². The summed E-state index contributed by atoms with van der Waals surface area (Å²) >= 11 is 0. The summed E-state index contributed by atoms with van der Waals surface area (Å²) in [5.41, 5.74) is 2.99. The third-order valence-electron chi connectivity index (χ3n) is 6.45. The fourth-order valence-corrected chi connectivity index (χ4v) is 4.58. The van der Waals surface area contributed by atoms with Gasteiger partial charge in [0.15, 0.2) is 5.78 Å². The van der Waals surface area contributed by atoms with Crippen molar-refractivity contribution in [3.8, 4) is 11.5 Å². The minimum Gasteiger partial charge on any atom is -0.497 e. The zero-order valence-electron chi connectivity index (χ0n) is 20.8. The molecule has 1 saturated heterocycles. The summed E-state index contributed by atoms with van der Waals surface area (Å²) in [5, 5.41) is 3.26. The smallest absolute Gasteiger partial charge is 0.220 e. The molecule has 6 heteroatoms. The van der Waals surface area contributed by atoms with Gasteiger partial charge in [-0.15, -0.1) is 0 Å². The average molecular weight is 467 g/mol. The molecule has 1 fully saturated rings.